The fourth-order valence-corrected chi connectivity index (χ4v) is 5.00. The molecule has 0 radical (unpaired) electrons. The summed E-state index contributed by atoms with van der Waals surface area (Å²) in [5.74, 6) is 1.01. The van der Waals surface area contributed by atoms with Crippen molar-refractivity contribution >= 4 is 57.1 Å². The molecule has 0 unspecified atom stereocenters. The molecule has 38 heavy (non-hydrogen) atoms. The summed E-state index contributed by atoms with van der Waals surface area (Å²) in [5, 5.41) is 17.9. The van der Waals surface area contributed by atoms with E-state index in [2.05, 4.69) is 52.1 Å². The van der Waals surface area contributed by atoms with Gasteiger partial charge in [-0.3, -0.25) is 9.59 Å². The van der Waals surface area contributed by atoms with E-state index in [0.717, 1.165) is 11.4 Å². The number of carbonyl (C=O) groups excluding carboxylic acids is 2. The van der Waals surface area contributed by atoms with Crippen molar-refractivity contribution < 1.29 is 14.3 Å². The second-order valence-corrected chi connectivity index (χ2v) is 10.8. The zero-order valence-corrected chi connectivity index (χ0v) is 23.0. The average Bonchev–Trinajstić information content (AvgIpc) is 3.36. The zero-order chi connectivity index (χ0) is 26.9. The maximum absolute atomic E-state index is 12.5. The van der Waals surface area contributed by atoms with Gasteiger partial charge in [0.05, 0.1) is 12.4 Å². The Morgan fingerprint density at radius 2 is 1.50 bits per heavy atom. The van der Waals surface area contributed by atoms with Gasteiger partial charge in [-0.2, -0.15) is 0 Å². The van der Waals surface area contributed by atoms with Gasteiger partial charge in [-0.25, -0.2) is 0 Å². The van der Waals surface area contributed by atoms with Crippen LogP contribution in [0.5, 0.6) is 5.75 Å². The van der Waals surface area contributed by atoms with E-state index in [9.17, 15) is 9.59 Å². The molecule has 0 spiro atoms. The van der Waals surface area contributed by atoms with Gasteiger partial charge in [0.15, 0.2) is 4.34 Å². The van der Waals surface area contributed by atoms with Crippen LogP contribution in [0.15, 0.2) is 77.1 Å². The second-order valence-electron chi connectivity index (χ2n) is 8.60. The first-order valence-electron chi connectivity index (χ1n) is 12.2. The number of rotatable bonds is 11. The fraction of sp³-hybridized carbons (Fsp3) is 0.214. The number of benzene rings is 3. The van der Waals surface area contributed by atoms with Gasteiger partial charge in [-0.05, 0) is 79.1 Å². The van der Waals surface area contributed by atoms with Crippen molar-refractivity contribution in [1.29, 1.82) is 0 Å². The Bertz CT molecular complexity index is 1350. The minimum atomic E-state index is -0.237. The van der Waals surface area contributed by atoms with Gasteiger partial charge in [-0.15, -0.1) is 10.2 Å². The summed E-state index contributed by atoms with van der Waals surface area (Å²) in [6.45, 7) is 6.82. The summed E-state index contributed by atoms with van der Waals surface area (Å²) < 4.78 is 6.11. The summed E-state index contributed by atoms with van der Waals surface area (Å²) in [6, 6.07) is 22.2. The molecule has 8 nitrogen and oxygen atoms in total. The Hall–Kier alpha value is -3.89. The molecule has 10 heteroatoms. The smallest absolute Gasteiger partial charge is 0.255 e. The van der Waals surface area contributed by atoms with Gasteiger partial charge in [-0.1, -0.05) is 49.1 Å². The van der Waals surface area contributed by atoms with E-state index in [1.165, 1.54) is 28.7 Å². The Morgan fingerprint density at radius 3 is 2.16 bits per heavy atom. The van der Waals surface area contributed by atoms with Crippen LogP contribution >= 0.6 is 23.1 Å². The van der Waals surface area contributed by atoms with Gasteiger partial charge in [0, 0.05) is 22.6 Å². The maximum Gasteiger partial charge on any atom is 0.255 e. The number of hydrogen-bond donors (Lipinski definition) is 3. The van der Waals surface area contributed by atoms with Crippen molar-refractivity contribution in [3.8, 4) is 5.75 Å². The van der Waals surface area contributed by atoms with Crippen LogP contribution in [0.4, 0.5) is 22.2 Å². The Morgan fingerprint density at radius 1 is 0.868 bits per heavy atom. The normalized spacial score (nSPS) is 10.7. The SMILES string of the molecule is CCOc1ccc(NC(=O)c2ccc(NC(=O)CSc3nnc(Nc4ccc(C(C)C)cc4)s3)cc2)cc1. The summed E-state index contributed by atoms with van der Waals surface area (Å²) >= 11 is 2.71. The quantitative estimate of drug-likeness (QED) is 0.178. The molecular weight excluding hydrogens is 518 g/mol. The Balaban J connectivity index is 1.23. The van der Waals surface area contributed by atoms with Crippen LogP contribution in [0.3, 0.4) is 0 Å². The third-order valence-corrected chi connectivity index (χ3v) is 7.39. The lowest BCUT2D eigenvalue weighted by atomic mass is 10.0. The van der Waals surface area contributed by atoms with Crippen LogP contribution in [0.25, 0.3) is 0 Å². The number of ether oxygens (including phenoxy) is 1. The minimum absolute atomic E-state index is 0.171. The van der Waals surface area contributed by atoms with Crippen LogP contribution < -0.4 is 20.7 Å². The number of thioether (sulfide) groups is 1. The third-order valence-electron chi connectivity index (χ3n) is 5.42. The molecule has 2 amide bonds. The van der Waals surface area contributed by atoms with E-state index >= 15 is 0 Å². The molecule has 0 saturated carbocycles. The molecule has 3 aromatic carbocycles. The highest BCUT2D eigenvalue weighted by atomic mass is 32.2. The first-order valence-corrected chi connectivity index (χ1v) is 14.0. The van der Waals surface area contributed by atoms with Crippen LogP contribution in [0.2, 0.25) is 0 Å². The highest BCUT2D eigenvalue weighted by Gasteiger charge is 2.11. The highest BCUT2D eigenvalue weighted by Crippen LogP contribution is 2.28. The molecule has 3 N–H and O–H groups in total. The van der Waals surface area contributed by atoms with Crippen molar-refractivity contribution in [2.75, 3.05) is 28.3 Å². The molecule has 0 bridgehead atoms. The van der Waals surface area contributed by atoms with Gasteiger partial charge >= 0.3 is 0 Å². The van der Waals surface area contributed by atoms with Crippen LogP contribution in [-0.4, -0.2) is 34.4 Å². The van der Waals surface area contributed by atoms with E-state index in [0.29, 0.717) is 38.9 Å². The number of nitrogens with zero attached hydrogens (tertiary/aromatic N) is 2. The first-order chi connectivity index (χ1) is 18.4. The molecule has 0 saturated heterocycles. The number of anilines is 4. The third kappa shape index (κ3) is 7.80. The summed E-state index contributed by atoms with van der Waals surface area (Å²) in [6.07, 6.45) is 0. The largest absolute Gasteiger partial charge is 0.494 e. The van der Waals surface area contributed by atoms with E-state index < -0.39 is 0 Å². The van der Waals surface area contributed by atoms with Crippen LogP contribution in [-0.2, 0) is 4.79 Å². The lowest BCUT2D eigenvalue weighted by Crippen LogP contribution is -2.15. The Kier molecular flexibility index (Phi) is 9.34. The van der Waals surface area contributed by atoms with E-state index in [4.69, 9.17) is 4.74 Å². The van der Waals surface area contributed by atoms with E-state index in [-0.39, 0.29) is 17.6 Å². The van der Waals surface area contributed by atoms with E-state index in [1.807, 2.05) is 19.1 Å². The van der Waals surface area contributed by atoms with E-state index in [1.54, 1.807) is 48.5 Å². The van der Waals surface area contributed by atoms with Crippen molar-refractivity contribution in [1.82, 2.24) is 10.2 Å². The molecule has 1 aromatic heterocycles. The number of amides is 2. The van der Waals surface area contributed by atoms with Gasteiger partial charge in [0.1, 0.15) is 5.75 Å². The Labute approximate surface area is 230 Å². The van der Waals surface area contributed by atoms with Crippen LogP contribution in [0, 0.1) is 0 Å². The van der Waals surface area contributed by atoms with Crippen molar-refractivity contribution in [3.63, 3.8) is 0 Å². The molecule has 4 rings (SSSR count). The molecule has 0 fully saturated rings. The number of nitrogens with one attached hydrogen (secondary N) is 3. The molecule has 4 aromatic rings. The topological polar surface area (TPSA) is 105 Å². The molecular formula is C28H29N5O3S2. The van der Waals surface area contributed by atoms with Crippen LogP contribution in [0.1, 0.15) is 42.6 Å². The predicted molar refractivity (Wildman–Crippen MR) is 155 cm³/mol. The van der Waals surface area contributed by atoms with Gasteiger partial charge in [0.2, 0.25) is 11.0 Å². The minimum Gasteiger partial charge on any atom is -0.494 e. The fourth-order valence-electron chi connectivity index (χ4n) is 3.43. The lowest BCUT2D eigenvalue weighted by Gasteiger charge is -2.08. The number of aromatic nitrogens is 2. The summed E-state index contributed by atoms with van der Waals surface area (Å²) in [7, 11) is 0. The lowest BCUT2D eigenvalue weighted by molar-refractivity contribution is -0.113. The second kappa shape index (κ2) is 13.1. The predicted octanol–water partition coefficient (Wildman–Crippen LogP) is 6.79. The molecule has 0 atom stereocenters. The van der Waals surface area contributed by atoms with Gasteiger partial charge in [0.25, 0.3) is 5.91 Å². The maximum atomic E-state index is 12.5. The summed E-state index contributed by atoms with van der Waals surface area (Å²) in [5.41, 5.74) is 3.98. The molecule has 0 aliphatic heterocycles. The average molecular weight is 548 g/mol. The van der Waals surface area contributed by atoms with Crippen molar-refractivity contribution in [2.24, 2.45) is 0 Å². The van der Waals surface area contributed by atoms with Gasteiger partial charge < -0.3 is 20.7 Å². The molecule has 0 aliphatic carbocycles. The molecule has 196 valence electrons. The summed E-state index contributed by atoms with van der Waals surface area (Å²) in [4.78, 5) is 25.0. The molecule has 0 aliphatic rings. The number of hydrogen-bond acceptors (Lipinski definition) is 8. The zero-order valence-electron chi connectivity index (χ0n) is 21.4. The monoisotopic (exact) mass is 547 g/mol. The standard InChI is InChI=1S/C28H29N5O3S2/c1-4-36-24-15-13-22(14-16-24)30-26(35)20-7-11-21(12-8-20)29-25(34)17-37-28-33-32-27(38-28)31-23-9-5-19(6-10-23)18(2)3/h5-16,18H,4,17H2,1-3H3,(H,29,34)(H,30,35)(H,31,32). The number of carbonyl (C=O) groups is 2. The first kappa shape index (κ1) is 27.2. The molecule has 1 heterocycles. The van der Waals surface area contributed by atoms with Crippen molar-refractivity contribution in [3.05, 3.63) is 83.9 Å². The highest BCUT2D eigenvalue weighted by molar-refractivity contribution is 8.01. The van der Waals surface area contributed by atoms with Crippen molar-refractivity contribution in [2.45, 2.75) is 31.0 Å².